The van der Waals surface area contributed by atoms with Crippen molar-refractivity contribution >= 4 is 0 Å². The van der Waals surface area contributed by atoms with Crippen molar-refractivity contribution < 1.29 is 0 Å². The molecule has 2 heterocycles. The first-order chi connectivity index (χ1) is 9.31. The maximum Gasteiger partial charge on any atom is 0.0346 e. The van der Waals surface area contributed by atoms with Crippen LogP contribution in [0.3, 0.4) is 0 Å². The fourth-order valence-corrected chi connectivity index (χ4v) is 3.20. The molecule has 19 heavy (non-hydrogen) atoms. The van der Waals surface area contributed by atoms with Crippen molar-refractivity contribution in [2.45, 2.75) is 19.5 Å². The average molecular weight is 259 g/mol. The standard InChI is InChI=1S/C16H25N3/c1-14-11-18(13-15-5-3-2-4-6-15)7-8-19(12-14)16-9-17-10-16/h2-6,14,16-17H,7-13H2,1H3. The summed E-state index contributed by atoms with van der Waals surface area (Å²) in [4.78, 5) is 5.30. The molecule has 0 bridgehead atoms. The zero-order valence-electron chi connectivity index (χ0n) is 11.9. The third-order valence-electron chi connectivity index (χ3n) is 4.34. The van der Waals surface area contributed by atoms with E-state index in [1.165, 1.54) is 44.8 Å². The molecule has 2 aliphatic rings. The minimum absolute atomic E-state index is 0.770. The van der Waals surface area contributed by atoms with E-state index in [1.807, 2.05) is 0 Å². The first kappa shape index (κ1) is 13.1. The lowest BCUT2D eigenvalue weighted by Crippen LogP contribution is -2.58. The fraction of sp³-hybridized carbons (Fsp3) is 0.625. The summed E-state index contributed by atoms with van der Waals surface area (Å²) in [6.07, 6.45) is 0. The van der Waals surface area contributed by atoms with Crippen LogP contribution >= 0.6 is 0 Å². The lowest BCUT2D eigenvalue weighted by Gasteiger charge is -2.38. The van der Waals surface area contributed by atoms with Crippen LogP contribution in [0.25, 0.3) is 0 Å². The average Bonchev–Trinajstić information content (AvgIpc) is 2.50. The van der Waals surface area contributed by atoms with Gasteiger partial charge >= 0.3 is 0 Å². The van der Waals surface area contributed by atoms with Crippen LogP contribution < -0.4 is 5.32 Å². The Morgan fingerprint density at radius 3 is 2.58 bits per heavy atom. The van der Waals surface area contributed by atoms with Crippen molar-refractivity contribution in [3.63, 3.8) is 0 Å². The molecule has 0 amide bonds. The second-order valence-electron chi connectivity index (χ2n) is 6.13. The Morgan fingerprint density at radius 1 is 1.11 bits per heavy atom. The Kier molecular flexibility index (Phi) is 4.16. The van der Waals surface area contributed by atoms with Gasteiger partial charge in [0.1, 0.15) is 0 Å². The maximum absolute atomic E-state index is 3.39. The van der Waals surface area contributed by atoms with E-state index in [2.05, 4.69) is 52.4 Å². The van der Waals surface area contributed by atoms with Crippen LogP contribution in [0.5, 0.6) is 0 Å². The number of hydrogen-bond donors (Lipinski definition) is 1. The Balaban J connectivity index is 1.58. The molecular weight excluding hydrogens is 234 g/mol. The number of nitrogens with one attached hydrogen (secondary N) is 1. The molecule has 0 spiro atoms. The van der Waals surface area contributed by atoms with Crippen LogP contribution in [0.4, 0.5) is 0 Å². The van der Waals surface area contributed by atoms with E-state index in [1.54, 1.807) is 0 Å². The van der Waals surface area contributed by atoms with Gasteiger partial charge in [0, 0.05) is 51.9 Å². The molecule has 2 saturated heterocycles. The monoisotopic (exact) mass is 259 g/mol. The normalized spacial score (nSPS) is 26.9. The summed E-state index contributed by atoms with van der Waals surface area (Å²) in [6.45, 7) is 10.8. The summed E-state index contributed by atoms with van der Waals surface area (Å²) in [5.41, 5.74) is 1.44. The molecular formula is C16H25N3. The van der Waals surface area contributed by atoms with E-state index in [9.17, 15) is 0 Å². The van der Waals surface area contributed by atoms with Crippen molar-refractivity contribution in [3.05, 3.63) is 35.9 Å². The minimum atomic E-state index is 0.770. The molecule has 0 aromatic heterocycles. The molecule has 3 heteroatoms. The highest BCUT2D eigenvalue weighted by atomic mass is 15.3. The summed E-state index contributed by atoms with van der Waals surface area (Å²) < 4.78 is 0. The van der Waals surface area contributed by atoms with Gasteiger partial charge in [0.25, 0.3) is 0 Å². The van der Waals surface area contributed by atoms with Gasteiger partial charge in [-0.05, 0) is 11.5 Å². The Morgan fingerprint density at radius 2 is 1.89 bits per heavy atom. The second kappa shape index (κ2) is 6.04. The van der Waals surface area contributed by atoms with E-state index in [4.69, 9.17) is 0 Å². The number of hydrogen-bond acceptors (Lipinski definition) is 3. The molecule has 104 valence electrons. The van der Waals surface area contributed by atoms with Crippen molar-refractivity contribution in [2.75, 3.05) is 39.3 Å². The molecule has 3 nitrogen and oxygen atoms in total. The topological polar surface area (TPSA) is 18.5 Å². The first-order valence-corrected chi connectivity index (χ1v) is 7.52. The highest BCUT2D eigenvalue weighted by Crippen LogP contribution is 2.16. The zero-order valence-corrected chi connectivity index (χ0v) is 11.9. The molecule has 2 fully saturated rings. The summed E-state index contributed by atoms with van der Waals surface area (Å²) in [5, 5.41) is 3.39. The van der Waals surface area contributed by atoms with Crippen LogP contribution in [0.15, 0.2) is 30.3 Å². The van der Waals surface area contributed by atoms with E-state index in [0.29, 0.717) is 0 Å². The van der Waals surface area contributed by atoms with Gasteiger partial charge in [-0.15, -0.1) is 0 Å². The molecule has 1 aromatic carbocycles. The van der Waals surface area contributed by atoms with Crippen LogP contribution in [0, 0.1) is 5.92 Å². The van der Waals surface area contributed by atoms with Gasteiger partial charge in [-0.25, -0.2) is 0 Å². The molecule has 0 aliphatic carbocycles. The number of nitrogens with zero attached hydrogens (tertiary/aromatic N) is 2. The van der Waals surface area contributed by atoms with Gasteiger partial charge < -0.3 is 5.32 Å². The smallest absolute Gasteiger partial charge is 0.0346 e. The highest BCUT2D eigenvalue weighted by Gasteiger charge is 2.28. The maximum atomic E-state index is 3.39. The van der Waals surface area contributed by atoms with Crippen molar-refractivity contribution in [1.82, 2.24) is 15.1 Å². The largest absolute Gasteiger partial charge is 0.314 e. The Hall–Kier alpha value is -0.900. The van der Waals surface area contributed by atoms with Crippen LogP contribution in [0.2, 0.25) is 0 Å². The first-order valence-electron chi connectivity index (χ1n) is 7.52. The van der Waals surface area contributed by atoms with Gasteiger partial charge in [-0.3, -0.25) is 9.80 Å². The van der Waals surface area contributed by atoms with Gasteiger partial charge in [-0.1, -0.05) is 37.3 Å². The van der Waals surface area contributed by atoms with E-state index >= 15 is 0 Å². The third kappa shape index (κ3) is 3.35. The summed E-state index contributed by atoms with van der Waals surface area (Å²) in [5.74, 6) is 0.770. The lowest BCUT2D eigenvalue weighted by atomic mass is 10.1. The van der Waals surface area contributed by atoms with Crippen LogP contribution in [0.1, 0.15) is 12.5 Å². The molecule has 0 saturated carbocycles. The number of rotatable bonds is 3. The predicted octanol–water partition coefficient (Wildman–Crippen LogP) is 1.41. The third-order valence-corrected chi connectivity index (χ3v) is 4.34. The molecule has 1 aromatic rings. The van der Waals surface area contributed by atoms with E-state index < -0.39 is 0 Å². The quantitative estimate of drug-likeness (QED) is 0.885. The second-order valence-corrected chi connectivity index (χ2v) is 6.13. The van der Waals surface area contributed by atoms with E-state index in [-0.39, 0.29) is 0 Å². The predicted molar refractivity (Wildman–Crippen MR) is 79.1 cm³/mol. The fourth-order valence-electron chi connectivity index (χ4n) is 3.20. The minimum Gasteiger partial charge on any atom is -0.314 e. The van der Waals surface area contributed by atoms with Gasteiger partial charge in [0.05, 0.1) is 0 Å². The van der Waals surface area contributed by atoms with Crippen LogP contribution in [-0.4, -0.2) is 55.1 Å². The molecule has 2 aliphatic heterocycles. The van der Waals surface area contributed by atoms with Crippen LogP contribution in [-0.2, 0) is 6.54 Å². The lowest BCUT2D eigenvalue weighted by molar-refractivity contribution is 0.140. The SMILES string of the molecule is CC1CN(Cc2ccccc2)CCN(C2CNC2)C1. The number of benzene rings is 1. The Labute approximate surface area is 116 Å². The molecule has 0 radical (unpaired) electrons. The van der Waals surface area contributed by atoms with Crippen molar-refractivity contribution in [1.29, 1.82) is 0 Å². The summed E-state index contributed by atoms with van der Waals surface area (Å²) in [6, 6.07) is 11.7. The van der Waals surface area contributed by atoms with Gasteiger partial charge in [0.15, 0.2) is 0 Å². The molecule has 1 N–H and O–H groups in total. The Bertz CT molecular complexity index is 388. The summed E-state index contributed by atoms with van der Waals surface area (Å²) >= 11 is 0. The van der Waals surface area contributed by atoms with Gasteiger partial charge in [-0.2, -0.15) is 0 Å². The molecule has 1 unspecified atom stereocenters. The molecule has 1 atom stereocenters. The highest BCUT2D eigenvalue weighted by molar-refractivity contribution is 5.14. The van der Waals surface area contributed by atoms with Gasteiger partial charge in [0.2, 0.25) is 0 Å². The van der Waals surface area contributed by atoms with Crippen molar-refractivity contribution in [3.8, 4) is 0 Å². The van der Waals surface area contributed by atoms with Crippen molar-refractivity contribution in [2.24, 2.45) is 5.92 Å². The van der Waals surface area contributed by atoms with E-state index in [0.717, 1.165) is 18.5 Å². The molecule has 3 rings (SSSR count). The summed E-state index contributed by atoms with van der Waals surface area (Å²) in [7, 11) is 0. The zero-order chi connectivity index (χ0) is 13.1.